The van der Waals surface area contributed by atoms with Crippen LogP contribution in [0.5, 0.6) is 0 Å². The van der Waals surface area contributed by atoms with Gasteiger partial charge in [0.25, 0.3) is 0 Å². The fourth-order valence-electron chi connectivity index (χ4n) is 1.59. The largest absolute Gasteiger partial charge is 0.324 e. The van der Waals surface area contributed by atoms with Crippen molar-refractivity contribution < 1.29 is 0 Å². The van der Waals surface area contributed by atoms with Gasteiger partial charge < -0.3 is 5.73 Å². The standard InChI is InChI=1S/C14H17NS2/c1-11(15)13-2-4-14(5-3-13)17-9-7-12-6-8-16-10-12/h2-6,8,10-11H,7,9,15H2,1H3. The summed E-state index contributed by atoms with van der Waals surface area (Å²) in [4.78, 5) is 1.32. The zero-order valence-corrected chi connectivity index (χ0v) is 11.6. The van der Waals surface area contributed by atoms with Crippen LogP contribution in [0.3, 0.4) is 0 Å². The second-order valence-corrected chi connectivity index (χ2v) is 6.04. The van der Waals surface area contributed by atoms with E-state index in [1.165, 1.54) is 16.0 Å². The molecule has 3 heteroatoms. The Morgan fingerprint density at radius 3 is 2.59 bits per heavy atom. The minimum Gasteiger partial charge on any atom is -0.324 e. The van der Waals surface area contributed by atoms with E-state index in [-0.39, 0.29) is 6.04 Å². The van der Waals surface area contributed by atoms with Crippen molar-refractivity contribution >= 4 is 23.1 Å². The fourth-order valence-corrected chi connectivity index (χ4v) is 3.19. The van der Waals surface area contributed by atoms with Crippen LogP contribution < -0.4 is 5.73 Å². The number of benzene rings is 1. The number of aryl methyl sites for hydroxylation is 1. The van der Waals surface area contributed by atoms with Gasteiger partial charge in [0.15, 0.2) is 0 Å². The molecule has 0 bridgehead atoms. The van der Waals surface area contributed by atoms with Gasteiger partial charge in [-0.3, -0.25) is 0 Å². The van der Waals surface area contributed by atoms with Crippen LogP contribution in [0.2, 0.25) is 0 Å². The van der Waals surface area contributed by atoms with E-state index in [0.717, 1.165) is 12.2 Å². The number of thiophene rings is 1. The molecule has 1 nitrogen and oxygen atoms in total. The second kappa shape index (κ2) is 6.24. The van der Waals surface area contributed by atoms with Crippen molar-refractivity contribution in [2.45, 2.75) is 24.3 Å². The van der Waals surface area contributed by atoms with E-state index >= 15 is 0 Å². The Kier molecular flexibility index (Phi) is 4.66. The Hall–Kier alpha value is -0.770. The molecule has 0 saturated carbocycles. The first-order chi connectivity index (χ1) is 8.25. The normalized spacial score (nSPS) is 12.6. The summed E-state index contributed by atoms with van der Waals surface area (Å²) in [6.07, 6.45) is 1.14. The summed E-state index contributed by atoms with van der Waals surface area (Å²) in [7, 11) is 0. The molecule has 0 spiro atoms. The van der Waals surface area contributed by atoms with Gasteiger partial charge >= 0.3 is 0 Å². The molecule has 1 aromatic carbocycles. The number of hydrogen-bond acceptors (Lipinski definition) is 3. The summed E-state index contributed by atoms with van der Waals surface area (Å²) in [5, 5.41) is 4.36. The van der Waals surface area contributed by atoms with Gasteiger partial charge in [0.2, 0.25) is 0 Å². The van der Waals surface area contributed by atoms with Crippen LogP contribution in [0, 0.1) is 0 Å². The van der Waals surface area contributed by atoms with E-state index in [4.69, 9.17) is 5.73 Å². The van der Waals surface area contributed by atoms with Crippen molar-refractivity contribution in [1.29, 1.82) is 0 Å². The van der Waals surface area contributed by atoms with E-state index in [1.807, 2.05) is 18.7 Å². The molecule has 1 atom stereocenters. The summed E-state index contributed by atoms with van der Waals surface area (Å²) in [5.41, 5.74) is 8.46. The highest BCUT2D eigenvalue weighted by molar-refractivity contribution is 7.99. The van der Waals surface area contributed by atoms with Crippen LogP contribution in [-0.4, -0.2) is 5.75 Å². The topological polar surface area (TPSA) is 26.0 Å². The van der Waals surface area contributed by atoms with Gasteiger partial charge in [0, 0.05) is 16.7 Å². The van der Waals surface area contributed by atoms with Crippen molar-refractivity contribution in [2.24, 2.45) is 5.73 Å². The molecule has 0 aliphatic heterocycles. The van der Waals surface area contributed by atoms with Crippen molar-refractivity contribution in [3.05, 3.63) is 52.2 Å². The number of thioether (sulfide) groups is 1. The molecule has 0 radical (unpaired) electrons. The van der Waals surface area contributed by atoms with Gasteiger partial charge in [0.05, 0.1) is 0 Å². The highest BCUT2D eigenvalue weighted by Crippen LogP contribution is 2.21. The lowest BCUT2D eigenvalue weighted by Crippen LogP contribution is -2.04. The number of hydrogen-bond donors (Lipinski definition) is 1. The van der Waals surface area contributed by atoms with Crippen molar-refractivity contribution in [3.63, 3.8) is 0 Å². The second-order valence-electron chi connectivity index (χ2n) is 4.09. The summed E-state index contributed by atoms with van der Waals surface area (Å²) < 4.78 is 0. The third-order valence-corrected chi connectivity index (χ3v) is 4.39. The quantitative estimate of drug-likeness (QED) is 0.822. The van der Waals surface area contributed by atoms with Gasteiger partial charge in [-0.25, -0.2) is 0 Å². The van der Waals surface area contributed by atoms with Gasteiger partial charge in [-0.2, -0.15) is 11.3 Å². The molecule has 2 aromatic rings. The highest BCUT2D eigenvalue weighted by Gasteiger charge is 2.00. The smallest absolute Gasteiger partial charge is 0.0266 e. The van der Waals surface area contributed by atoms with Gasteiger partial charge in [-0.05, 0) is 53.4 Å². The van der Waals surface area contributed by atoms with Crippen LogP contribution in [0.25, 0.3) is 0 Å². The molecule has 0 aliphatic rings. The molecular weight excluding hydrogens is 246 g/mol. The van der Waals surface area contributed by atoms with Crippen LogP contribution in [0.4, 0.5) is 0 Å². The maximum absolute atomic E-state index is 5.82. The van der Waals surface area contributed by atoms with E-state index in [1.54, 1.807) is 11.3 Å². The molecule has 2 rings (SSSR count). The molecule has 17 heavy (non-hydrogen) atoms. The Balaban J connectivity index is 1.83. The molecular formula is C14H17NS2. The molecule has 90 valence electrons. The predicted molar refractivity (Wildman–Crippen MR) is 77.8 cm³/mol. The Bertz CT molecular complexity index is 432. The predicted octanol–water partition coefficient (Wildman–Crippen LogP) is 4.10. The highest BCUT2D eigenvalue weighted by atomic mass is 32.2. The van der Waals surface area contributed by atoms with Gasteiger partial charge in [0.1, 0.15) is 0 Å². The first kappa shape index (κ1) is 12.7. The lowest BCUT2D eigenvalue weighted by atomic mass is 10.1. The third kappa shape index (κ3) is 3.87. The summed E-state index contributed by atoms with van der Waals surface area (Å²) in [6.45, 7) is 2.01. The molecule has 1 aromatic heterocycles. The molecule has 0 aliphatic carbocycles. The van der Waals surface area contributed by atoms with E-state index in [0.29, 0.717) is 0 Å². The molecule has 1 unspecified atom stereocenters. The molecule has 0 amide bonds. The third-order valence-electron chi connectivity index (χ3n) is 2.65. The number of rotatable bonds is 5. The monoisotopic (exact) mass is 263 g/mol. The molecule has 1 heterocycles. The molecule has 0 saturated heterocycles. The fraction of sp³-hybridized carbons (Fsp3) is 0.286. The van der Waals surface area contributed by atoms with E-state index < -0.39 is 0 Å². The Labute approximate surface area is 111 Å². The Morgan fingerprint density at radius 2 is 2.00 bits per heavy atom. The summed E-state index contributed by atoms with van der Waals surface area (Å²) >= 11 is 3.67. The van der Waals surface area contributed by atoms with Gasteiger partial charge in [-0.1, -0.05) is 12.1 Å². The first-order valence-corrected chi connectivity index (χ1v) is 7.68. The van der Waals surface area contributed by atoms with Crippen molar-refractivity contribution in [3.8, 4) is 0 Å². The van der Waals surface area contributed by atoms with Gasteiger partial charge in [-0.15, -0.1) is 11.8 Å². The van der Waals surface area contributed by atoms with Crippen molar-refractivity contribution in [1.82, 2.24) is 0 Å². The maximum Gasteiger partial charge on any atom is 0.0266 e. The van der Waals surface area contributed by atoms with E-state index in [2.05, 4.69) is 41.1 Å². The van der Waals surface area contributed by atoms with Crippen LogP contribution in [-0.2, 0) is 6.42 Å². The minimum absolute atomic E-state index is 0.125. The molecule has 2 N–H and O–H groups in total. The maximum atomic E-state index is 5.82. The Morgan fingerprint density at radius 1 is 1.24 bits per heavy atom. The van der Waals surface area contributed by atoms with Crippen LogP contribution in [0.1, 0.15) is 24.1 Å². The summed E-state index contributed by atoms with van der Waals surface area (Å²) in [5.74, 6) is 1.13. The first-order valence-electron chi connectivity index (χ1n) is 5.75. The van der Waals surface area contributed by atoms with Crippen LogP contribution >= 0.6 is 23.1 Å². The lowest BCUT2D eigenvalue weighted by molar-refractivity contribution is 0.817. The van der Waals surface area contributed by atoms with Crippen molar-refractivity contribution in [2.75, 3.05) is 5.75 Å². The average Bonchev–Trinajstić information content (AvgIpc) is 2.83. The minimum atomic E-state index is 0.125. The zero-order valence-electron chi connectivity index (χ0n) is 9.93. The average molecular weight is 263 g/mol. The zero-order chi connectivity index (χ0) is 12.1. The lowest BCUT2D eigenvalue weighted by Gasteiger charge is -2.06. The van der Waals surface area contributed by atoms with Crippen LogP contribution in [0.15, 0.2) is 46.0 Å². The number of nitrogens with two attached hydrogens (primary N) is 1. The molecule has 0 fully saturated rings. The van der Waals surface area contributed by atoms with E-state index in [9.17, 15) is 0 Å². The summed E-state index contributed by atoms with van der Waals surface area (Å²) in [6, 6.07) is 10.9. The SMILES string of the molecule is CC(N)c1ccc(SCCc2ccsc2)cc1.